The summed E-state index contributed by atoms with van der Waals surface area (Å²) in [7, 11) is 0. The van der Waals surface area contributed by atoms with Crippen molar-refractivity contribution in [1.82, 2.24) is 34.4 Å². The van der Waals surface area contributed by atoms with Gasteiger partial charge in [0.2, 0.25) is 11.1 Å². The number of ether oxygens (including phenoxy) is 2. The average molecular weight is 681 g/mol. The van der Waals surface area contributed by atoms with Gasteiger partial charge in [0, 0.05) is 55.6 Å². The van der Waals surface area contributed by atoms with Gasteiger partial charge in [0.1, 0.15) is 0 Å². The van der Waals surface area contributed by atoms with Crippen molar-refractivity contribution in [3.63, 3.8) is 0 Å². The smallest absolute Gasteiger partial charge is 0.450 e. The van der Waals surface area contributed by atoms with E-state index in [9.17, 15) is 4.79 Å². The van der Waals surface area contributed by atoms with E-state index in [1.807, 2.05) is 46.1 Å². The zero-order chi connectivity index (χ0) is 35.1. The van der Waals surface area contributed by atoms with Gasteiger partial charge in [-0.2, -0.15) is 0 Å². The zero-order valence-electron chi connectivity index (χ0n) is 27.2. The first kappa shape index (κ1) is 37.1. The predicted molar refractivity (Wildman–Crippen MR) is 170 cm³/mol. The molecule has 1 unspecified atom stereocenters. The maximum absolute atomic E-state index is 13.4. The van der Waals surface area contributed by atoms with Crippen LogP contribution in [0.5, 0.6) is 0 Å². The molecule has 0 radical (unpaired) electrons. The molecule has 0 aromatic carbocycles. The molecule has 2 fully saturated rings. The van der Waals surface area contributed by atoms with Gasteiger partial charge in [-0.3, -0.25) is 9.36 Å². The summed E-state index contributed by atoms with van der Waals surface area (Å²) in [6.45, 7) is 16.7. The minimum Gasteiger partial charge on any atom is -0.450 e. The molecule has 18 heteroatoms. The van der Waals surface area contributed by atoms with Crippen LogP contribution in [0.1, 0.15) is 58.6 Å². The van der Waals surface area contributed by atoms with Crippen molar-refractivity contribution in [3.05, 3.63) is 23.5 Å². The van der Waals surface area contributed by atoms with Gasteiger partial charge in [0.05, 0.1) is 25.4 Å². The summed E-state index contributed by atoms with van der Waals surface area (Å²) in [5, 5.41) is 28.3. The first-order valence-electron chi connectivity index (χ1n) is 14.7. The van der Waals surface area contributed by atoms with Crippen molar-refractivity contribution in [1.29, 1.82) is 0 Å². The minimum absolute atomic E-state index is 0.132. The van der Waals surface area contributed by atoms with E-state index < -0.39 is 23.4 Å². The van der Waals surface area contributed by atoms with E-state index in [2.05, 4.69) is 19.9 Å². The molecule has 0 aliphatic carbocycles. The number of halogens is 1. The van der Waals surface area contributed by atoms with Crippen LogP contribution in [-0.4, -0.2) is 124 Å². The third kappa shape index (κ3) is 10.1. The van der Waals surface area contributed by atoms with Gasteiger partial charge in [0.25, 0.3) is 5.91 Å². The molecule has 3 aromatic heterocycles. The number of carbonyl (C=O) groups is 3. The third-order valence-corrected chi connectivity index (χ3v) is 7.24. The highest BCUT2D eigenvalue weighted by molar-refractivity contribution is 6.29. The first-order chi connectivity index (χ1) is 21.9. The van der Waals surface area contributed by atoms with Crippen LogP contribution in [0.4, 0.5) is 15.4 Å². The Bertz CT molecular complexity index is 1510. The van der Waals surface area contributed by atoms with E-state index in [1.165, 1.54) is 0 Å². The molecular formula is C29H41ClN8O9. The van der Waals surface area contributed by atoms with Crippen LogP contribution in [0, 0.1) is 5.92 Å². The normalized spacial score (nSPS) is 16.5. The van der Waals surface area contributed by atoms with Gasteiger partial charge < -0.3 is 39.7 Å². The number of aromatic nitrogens is 6. The summed E-state index contributed by atoms with van der Waals surface area (Å²) in [5.74, 6) is 1.40. The Morgan fingerprint density at radius 2 is 1.45 bits per heavy atom. The Kier molecular flexibility index (Phi) is 12.2. The quantitative estimate of drug-likeness (QED) is 0.276. The second-order valence-corrected chi connectivity index (χ2v) is 13.0. The number of rotatable bonds is 5. The second-order valence-electron chi connectivity index (χ2n) is 12.7. The fourth-order valence-corrected chi connectivity index (χ4v) is 5.73. The number of carbonyl (C=O) groups excluding carboxylic acids is 1. The van der Waals surface area contributed by atoms with Gasteiger partial charge in [-0.25, -0.2) is 34.5 Å². The molecule has 2 aliphatic heterocycles. The molecule has 0 saturated carbocycles. The summed E-state index contributed by atoms with van der Waals surface area (Å²) < 4.78 is 13.1. The molecule has 0 spiro atoms. The van der Waals surface area contributed by atoms with Gasteiger partial charge in [-0.1, -0.05) is 0 Å². The van der Waals surface area contributed by atoms with Crippen LogP contribution in [0.3, 0.4) is 0 Å². The highest BCUT2D eigenvalue weighted by atomic mass is 35.5. The largest absolute Gasteiger partial charge is 0.503 e. The predicted octanol–water partition coefficient (Wildman–Crippen LogP) is 4.29. The molecule has 2 aliphatic rings. The molecule has 5 rings (SSSR count). The zero-order valence-corrected chi connectivity index (χ0v) is 27.9. The summed E-state index contributed by atoms with van der Waals surface area (Å²) in [6.07, 6.45) is 0.524. The van der Waals surface area contributed by atoms with Crippen molar-refractivity contribution in [3.8, 4) is 11.4 Å². The molecule has 1 atom stereocenters. The molecule has 0 bridgehead atoms. The number of morpholine rings is 1. The van der Waals surface area contributed by atoms with Gasteiger partial charge in [-0.05, 0) is 59.6 Å². The van der Waals surface area contributed by atoms with Gasteiger partial charge >= 0.3 is 12.3 Å². The van der Waals surface area contributed by atoms with Crippen molar-refractivity contribution in [2.24, 2.45) is 5.92 Å². The molecule has 2 saturated heterocycles. The lowest BCUT2D eigenvalue weighted by Crippen LogP contribution is -2.56. The summed E-state index contributed by atoms with van der Waals surface area (Å²) in [4.78, 5) is 57.9. The van der Waals surface area contributed by atoms with Crippen LogP contribution in [0.15, 0.2) is 12.4 Å². The first-order valence-corrected chi connectivity index (χ1v) is 15.1. The van der Waals surface area contributed by atoms with E-state index in [0.717, 1.165) is 13.0 Å². The molecule has 5 heterocycles. The maximum Gasteiger partial charge on any atom is 0.503 e. The highest BCUT2D eigenvalue weighted by Crippen LogP contribution is 2.32. The number of amides is 1. The Labute approximate surface area is 276 Å². The number of nitrogens with zero attached hydrogens (tertiary/aromatic N) is 8. The molecule has 1 amide bonds. The fraction of sp³-hybridized carbons (Fsp3) is 0.586. The molecule has 258 valence electrons. The monoisotopic (exact) mass is 680 g/mol. The molecule has 17 nitrogen and oxygen atoms in total. The highest BCUT2D eigenvalue weighted by Gasteiger charge is 2.37. The number of hydrogen-bond acceptors (Lipinski definition) is 11. The summed E-state index contributed by atoms with van der Waals surface area (Å²) in [5.41, 5.74) is 1.11. The number of fused-ring (bicyclic) bond motifs is 1. The SMILES string of the molecule is CC(C)(C)N(C(=O)c1ncc(-c2nc(N3CCOCC3)c3nc(Cl)n(CC4CCOC4)c3n2)cn1)C(C)(C)C.O=C(O)O.O=C(O)O. The van der Waals surface area contributed by atoms with E-state index in [0.29, 0.717) is 79.0 Å². The average Bonchev–Trinajstić information content (AvgIpc) is 3.59. The van der Waals surface area contributed by atoms with Crippen molar-refractivity contribution < 1.29 is 44.3 Å². The maximum atomic E-state index is 13.4. The lowest BCUT2D eigenvalue weighted by Gasteiger charge is -2.45. The number of imidazole rings is 1. The van der Waals surface area contributed by atoms with E-state index in [-0.39, 0.29) is 11.7 Å². The molecular weight excluding hydrogens is 640 g/mol. The van der Waals surface area contributed by atoms with Gasteiger partial charge in [-0.15, -0.1) is 0 Å². The Morgan fingerprint density at radius 3 is 1.94 bits per heavy atom. The van der Waals surface area contributed by atoms with Crippen LogP contribution >= 0.6 is 11.6 Å². The van der Waals surface area contributed by atoms with Crippen molar-refractivity contribution in [2.75, 3.05) is 44.4 Å². The summed E-state index contributed by atoms with van der Waals surface area (Å²) >= 11 is 6.65. The van der Waals surface area contributed by atoms with Gasteiger partial charge in [0.15, 0.2) is 22.8 Å². The van der Waals surface area contributed by atoms with Crippen LogP contribution in [0.2, 0.25) is 5.28 Å². The van der Waals surface area contributed by atoms with E-state index in [1.54, 1.807) is 17.3 Å². The third-order valence-electron chi connectivity index (χ3n) is 6.95. The molecule has 47 heavy (non-hydrogen) atoms. The van der Waals surface area contributed by atoms with Crippen LogP contribution < -0.4 is 4.90 Å². The van der Waals surface area contributed by atoms with E-state index >= 15 is 0 Å². The lowest BCUT2D eigenvalue weighted by molar-refractivity contribution is 0.0258. The Hall–Kier alpha value is -4.35. The summed E-state index contributed by atoms with van der Waals surface area (Å²) in [6, 6.07) is 0. The van der Waals surface area contributed by atoms with Crippen LogP contribution in [0.25, 0.3) is 22.6 Å². The number of anilines is 1. The topological polar surface area (TPSA) is 226 Å². The van der Waals surface area contributed by atoms with E-state index in [4.69, 9.17) is 61.1 Å². The standard InChI is InChI=1S/C27H37ClN8O3.2CH2O3/c1-26(2,3)36(27(4,5)6)24(37)21-29-13-18(14-30-21)20-32-22(34-8-11-38-12-9-34)19-23(33-20)35(25(28)31-19)15-17-7-10-39-16-17;2*2-1(3)4/h13-14,17H,7-12,15-16H2,1-6H3;2*(H2,2,3,4). The van der Waals surface area contributed by atoms with Crippen molar-refractivity contribution >= 4 is 46.8 Å². The fourth-order valence-electron chi connectivity index (χ4n) is 5.50. The second kappa shape index (κ2) is 15.5. The number of carboxylic acid groups (broad SMARTS) is 4. The Balaban J connectivity index is 0.000000676. The molecule has 3 aromatic rings. The Morgan fingerprint density at radius 1 is 0.894 bits per heavy atom. The van der Waals surface area contributed by atoms with Crippen LogP contribution in [-0.2, 0) is 16.0 Å². The molecule has 4 N–H and O–H groups in total. The number of hydrogen-bond donors (Lipinski definition) is 4. The van der Waals surface area contributed by atoms with Crippen molar-refractivity contribution in [2.45, 2.75) is 65.6 Å². The minimum atomic E-state index is -1.83. The lowest BCUT2D eigenvalue weighted by atomic mass is 9.95.